The molecule has 0 radical (unpaired) electrons. The molecular weight excluding hydrogens is 334 g/mol. The van der Waals surface area contributed by atoms with Crippen molar-refractivity contribution in [2.45, 2.75) is 12.8 Å². The van der Waals surface area contributed by atoms with Crippen LogP contribution in [0.5, 0.6) is 5.75 Å². The Morgan fingerprint density at radius 1 is 1.43 bits per heavy atom. The normalized spacial score (nSPS) is 18.9. The summed E-state index contributed by atoms with van der Waals surface area (Å²) >= 11 is 1.47. The number of hydrogen-bond acceptors (Lipinski definition) is 5. The van der Waals surface area contributed by atoms with E-state index in [0.717, 1.165) is 49.5 Å². The lowest BCUT2D eigenvalue weighted by Crippen LogP contribution is -2.24. The molecule has 0 bridgehead atoms. The molecule has 1 fully saturated rings. The molecule has 7 heteroatoms. The van der Waals surface area contributed by atoms with Crippen LogP contribution in [-0.2, 0) is 11.2 Å². The summed E-state index contributed by atoms with van der Waals surface area (Å²) in [7, 11) is 0. The van der Waals surface area contributed by atoms with E-state index in [1.165, 1.54) is 16.9 Å². The first kappa shape index (κ1) is 16.2. The molecule has 0 aliphatic carbocycles. The van der Waals surface area contributed by atoms with Crippen LogP contribution in [0, 0.1) is 5.92 Å². The van der Waals surface area contributed by atoms with Crippen molar-refractivity contribution in [3.63, 3.8) is 0 Å². The predicted molar refractivity (Wildman–Crippen MR) is 93.6 cm³/mol. The van der Waals surface area contributed by atoms with Crippen molar-refractivity contribution in [2.24, 2.45) is 5.92 Å². The van der Waals surface area contributed by atoms with E-state index in [-0.39, 0.29) is 24.2 Å². The molecule has 4 rings (SSSR count). The van der Waals surface area contributed by atoms with Gasteiger partial charge < -0.3 is 15.4 Å². The highest BCUT2D eigenvalue weighted by atomic mass is 35.5. The zero-order chi connectivity index (χ0) is 14.9. The summed E-state index contributed by atoms with van der Waals surface area (Å²) in [4.78, 5) is 16.7. The minimum absolute atomic E-state index is 0. The lowest BCUT2D eigenvalue weighted by atomic mass is 10.1. The molecule has 1 atom stereocenters. The van der Waals surface area contributed by atoms with E-state index in [1.54, 1.807) is 0 Å². The Morgan fingerprint density at radius 3 is 3.17 bits per heavy atom. The van der Waals surface area contributed by atoms with Crippen LogP contribution in [0.1, 0.15) is 12.0 Å². The van der Waals surface area contributed by atoms with Crippen molar-refractivity contribution in [2.75, 3.05) is 25.0 Å². The lowest BCUT2D eigenvalue weighted by Gasteiger charge is -2.06. The number of anilines is 1. The Morgan fingerprint density at radius 2 is 2.35 bits per heavy atom. The SMILES string of the molecule is Cl.O=C(Nc1nc(-c2ccc3c(c2)CCO3)cs1)C1CCNC1. The number of aromatic nitrogens is 1. The standard InChI is InChI=1S/C16H17N3O2S.ClH/c20-15(12-3-5-17-8-12)19-16-18-13(9-22-16)10-1-2-14-11(7-10)4-6-21-14;/h1-2,7,9,12,17H,3-6,8H2,(H,18,19,20);1H. The van der Waals surface area contributed by atoms with Crippen molar-refractivity contribution >= 4 is 34.8 Å². The number of carbonyl (C=O) groups excluding carboxylic acids is 1. The van der Waals surface area contributed by atoms with Gasteiger partial charge in [-0.05, 0) is 36.7 Å². The fourth-order valence-electron chi connectivity index (χ4n) is 2.90. The summed E-state index contributed by atoms with van der Waals surface area (Å²) in [6.45, 7) is 2.43. The van der Waals surface area contributed by atoms with Gasteiger partial charge in [0.1, 0.15) is 5.75 Å². The second-order valence-corrected chi connectivity index (χ2v) is 6.50. The van der Waals surface area contributed by atoms with Crippen LogP contribution in [0.4, 0.5) is 5.13 Å². The zero-order valence-corrected chi connectivity index (χ0v) is 14.1. The maximum Gasteiger partial charge on any atom is 0.230 e. The van der Waals surface area contributed by atoms with E-state index >= 15 is 0 Å². The number of nitrogens with one attached hydrogen (secondary N) is 2. The molecule has 2 aliphatic rings. The van der Waals surface area contributed by atoms with Crippen LogP contribution in [0.25, 0.3) is 11.3 Å². The number of amides is 1. The van der Waals surface area contributed by atoms with Crippen molar-refractivity contribution in [3.05, 3.63) is 29.1 Å². The molecule has 1 unspecified atom stereocenters. The number of halogens is 1. The van der Waals surface area contributed by atoms with Gasteiger partial charge in [0.25, 0.3) is 0 Å². The van der Waals surface area contributed by atoms with Crippen LogP contribution in [-0.4, -0.2) is 30.6 Å². The van der Waals surface area contributed by atoms with Crippen LogP contribution in [0.3, 0.4) is 0 Å². The number of carbonyl (C=O) groups is 1. The molecule has 0 spiro atoms. The van der Waals surface area contributed by atoms with Gasteiger partial charge in [0.05, 0.1) is 18.2 Å². The highest BCUT2D eigenvalue weighted by Gasteiger charge is 2.23. The minimum Gasteiger partial charge on any atom is -0.493 e. The van der Waals surface area contributed by atoms with E-state index < -0.39 is 0 Å². The average Bonchev–Trinajstić information content (AvgIpc) is 3.27. The van der Waals surface area contributed by atoms with E-state index in [9.17, 15) is 4.79 Å². The third-order valence-electron chi connectivity index (χ3n) is 4.15. The fourth-order valence-corrected chi connectivity index (χ4v) is 3.62. The molecule has 5 nitrogen and oxygen atoms in total. The molecule has 0 saturated carbocycles. The first-order valence-corrected chi connectivity index (χ1v) is 8.41. The van der Waals surface area contributed by atoms with E-state index in [1.807, 2.05) is 17.5 Å². The Labute approximate surface area is 144 Å². The molecule has 1 amide bonds. The predicted octanol–water partition coefficient (Wildman–Crippen LogP) is 2.71. The monoisotopic (exact) mass is 351 g/mol. The van der Waals surface area contributed by atoms with Crippen molar-refractivity contribution in [3.8, 4) is 17.0 Å². The van der Waals surface area contributed by atoms with E-state index in [2.05, 4.69) is 21.7 Å². The number of rotatable bonds is 3. The molecule has 3 heterocycles. The van der Waals surface area contributed by atoms with Crippen molar-refractivity contribution in [1.82, 2.24) is 10.3 Å². The number of thiazole rings is 1. The number of benzene rings is 1. The average molecular weight is 352 g/mol. The summed E-state index contributed by atoms with van der Waals surface area (Å²) < 4.78 is 5.52. The van der Waals surface area contributed by atoms with Crippen LogP contribution < -0.4 is 15.4 Å². The van der Waals surface area contributed by atoms with Gasteiger partial charge in [-0.25, -0.2) is 4.98 Å². The van der Waals surface area contributed by atoms with Crippen molar-refractivity contribution in [1.29, 1.82) is 0 Å². The molecule has 23 heavy (non-hydrogen) atoms. The third-order valence-corrected chi connectivity index (χ3v) is 4.91. The van der Waals surface area contributed by atoms with Gasteiger partial charge in [-0.2, -0.15) is 0 Å². The first-order valence-electron chi connectivity index (χ1n) is 7.53. The molecule has 122 valence electrons. The molecule has 2 aromatic rings. The smallest absolute Gasteiger partial charge is 0.230 e. The van der Waals surface area contributed by atoms with Crippen LogP contribution in [0.15, 0.2) is 23.6 Å². The van der Waals surface area contributed by atoms with Gasteiger partial charge in [0.15, 0.2) is 5.13 Å². The second kappa shape index (κ2) is 6.86. The summed E-state index contributed by atoms with van der Waals surface area (Å²) in [5, 5.41) is 8.79. The highest BCUT2D eigenvalue weighted by Crippen LogP contribution is 2.32. The molecule has 1 aromatic carbocycles. The first-order chi connectivity index (χ1) is 10.8. The van der Waals surface area contributed by atoms with Gasteiger partial charge in [-0.15, -0.1) is 23.7 Å². The highest BCUT2D eigenvalue weighted by molar-refractivity contribution is 7.14. The summed E-state index contributed by atoms with van der Waals surface area (Å²) in [5.74, 6) is 1.10. The maximum absolute atomic E-state index is 12.1. The van der Waals surface area contributed by atoms with Gasteiger partial charge >= 0.3 is 0 Å². The third kappa shape index (κ3) is 3.34. The summed E-state index contributed by atoms with van der Waals surface area (Å²) in [5.41, 5.74) is 3.20. The Hall–Kier alpha value is -1.63. The summed E-state index contributed by atoms with van der Waals surface area (Å²) in [6.07, 6.45) is 1.85. The quantitative estimate of drug-likeness (QED) is 0.892. The van der Waals surface area contributed by atoms with Gasteiger partial charge in [0.2, 0.25) is 5.91 Å². The molecular formula is C16H18ClN3O2S. The second-order valence-electron chi connectivity index (χ2n) is 5.64. The molecule has 2 aliphatic heterocycles. The van der Waals surface area contributed by atoms with Gasteiger partial charge in [-0.3, -0.25) is 4.79 Å². The van der Waals surface area contributed by atoms with E-state index in [4.69, 9.17) is 4.74 Å². The lowest BCUT2D eigenvalue weighted by molar-refractivity contribution is -0.119. The van der Waals surface area contributed by atoms with Crippen LogP contribution in [0.2, 0.25) is 0 Å². The van der Waals surface area contributed by atoms with E-state index in [0.29, 0.717) is 5.13 Å². The Kier molecular flexibility index (Phi) is 4.84. The topological polar surface area (TPSA) is 63.2 Å². The van der Waals surface area contributed by atoms with Crippen LogP contribution >= 0.6 is 23.7 Å². The van der Waals surface area contributed by atoms with Gasteiger partial charge in [0, 0.05) is 23.9 Å². The Bertz CT molecular complexity index is 713. The number of hydrogen-bond donors (Lipinski definition) is 2. The molecule has 1 saturated heterocycles. The van der Waals surface area contributed by atoms with Gasteiger partial charge in [-0.1, -0.05) is 0 Å². The number of ether oxygens (including phenoxy) is 1. The minimum atomic E-state index is 0. The summed E-state index contributed by atoms with van der Waals surface area (Å²) in [6, 6.07) is 6.15. The number of nitrogens with zero attached hydrogens (tertiary/aromatic N) is 1. The fraction of sp³-hybridized carbons (Fsp3) is 0.375. The van der Waals surface area contributed by atoms with Crippen molar-refractivity contribution < 1.29 is 9.53 Å². The number of fused-ring (bicyclic) bond motifs is 1. The largest absolute Gasteiger partial charge is 0.493 e. The Balaban J connectivity index is 0.00000156. The molecule has 2 N–H and O–H groups in total. The maximum atomic E-state index is 12.1. The molecule has 1 aromatic heterocycles. The zero-order valence-electron chi connectivity index (χ0n) is 12.5.